The van der Waals surface area contributed by atoms with Gasteiger partial charge in [-0.05, 0) is 31.5 Å². The molecule has 5 N–H and O–H groups in total. The highest BCUT2D eigenvalue weighted by Crippen LogP contribution is 2.50. The molecule has 35 heavy (non-hydrogen) atoms. The van der Waals surface area contributed by atoms with Crippen LogP contribution in [0.15, 0.2) is 30.3 Å². The number of Topliss-reactive ketones (excluding diaryl/α,β-unsaturated/α-hetero) is 1. The van der Waals surface area contributed by atoms with Gasteiger partial charge in [0.2, 0.25) is 5.78 Å². The molecule has 180 valence electrons. The summed E-state index contributed by atoms with van der Waals surface area (Å²) < 4.78 is 36.7. The zero-order valence-corrected chi connectivity index (χ0v) is 18.8. The predicted octanol–water partition coefficient (Wildman–Crippen LogP) is 2.64. The van der Waals surface area contributed by atoms with Crippen LogP contribution in [0.4, 0.5) is 0 Å². The standard InChI is InChI=1S/C23H16O11S/c1-8-6-12(26)18-20(21(28)10-4-3-5-11(25)17(10)23(18)30)15(8)19-14(34-35(31,32)33)7-13(27)16(9(2)24)22(19)29/h3-7,25-27,29H,1-2H3,(H,31,32,33). The van der Waals surface area contributed by atoms with E-state index >= 15 is 0 Å². The van der Waals surface area contributed by atoms with Gasteiger partial charge in [0.05, 0.1) is 16.7 Å². The van der Waals surface area contributed by atoms with Crippen molar-refractivity contribution in [3.63, 3.8) is 0 Å². The van der Waals surface area contributed by atoms with Crippen LogP contribution in [0.3, 0.4) is 0 Å². The van der Waals surface area contributed by atoms with Crippen LogP contribution in [-0.4, -0.2) is 50.7 Å². The molecule has 3 aromatic rings. The maximum absolute atomic E-state index is 13.5. The van der Waals surface area contributed by atoms with Crippen molar-refractivity contribution in [2.24, 2.45) is 0 Å². The highest BCUT2D eigenvalue weighted by Gasteiger charge is 2.39. The minimum absolute atomic E-state index is 0.0293. The quantitative estimate of drug-likeness (QED) is 0.204. The number of carbonyl (C=O) groups excluding carboxylic acids is 3. The van der Waals surface area contributed by atoms with E-state index in [0.717, 1.165) is 13.0 Å². The molecule has 1 aliphatic carbocycles. The molecule has 0 radical (unpaired) electrons. The average molecular weight is 500 g/mol. The van der Waals surface area contributed by atoms with Crippen molar-refractivity contribution in [1.82, 2.24) is 0 Å². The van der Waals surface area contributed by atoms with Crippen molar-refractivity contribution >= 4 is 27.7 Å². The summed E-state index contributed by atoms with van der Waals surface area (Å²) in [5.74, 6) is -6.59. The fourth-order valence-electron chi connectivity index (χ4n) is 4.21. The average Bonchev–Trinajstić information content (AvgIpc) is 2.71. The largest absolute Gasteiger partial charge is 0.507 e. The highest BCUT2D eigenvalue weighted by molar-refractivity contribution is 7.81. The molecule has 0 saturated heterocycles. The van der Waals surface area contributed by atoms with Crippen LogP contribution in [-0.2, 0) is 10.4 Å². The summed E-state index contributed by atoms with van der Waals surface area (Å²) in [6.07, 6.45) is 0. The van der Waals surface area contributed by atoms with Gasteiger partial charge in [-0.1, -0.05) is 12.1 Å². The molecule has 1 aliphatic rings. The Kier molecular flexibility index (Phi) is 5.30. The molecule has 3 aromatic carbocycles. The molecule has 0 bridgehead atoms. The third-order valence-electron chi connectivity index (χ3n) is 5.51. The summed E-state index contributed by atoms with van der Waals surface area (Å²) in [4.78, 5) is 38.8. The summed E-state index contributed by atoms with van der Waals surface area (Å²) >= 11 is 0. The van der Waals surface area contributed by atoms with E-state index in [4.69, 9.17) is 0 Å². The summed E-state index contributed by atoms with van der Waals surface area (Å²) in [6, 6.07) is 5.39. The number of ketones is 3. The van der Waals surface area contributed by atoms with Crippen molar-refractivity contribution in [3.8, 4) is 39.9 Å². The second-order valence-corrected chi connectivity index (χ2v) is 8.78. The van der Waals surface area contributed by atoms with Gasteiger partial charge in [0.1, 0.15) is 28.6 Å². The number of phenols is 4. The van der Waals surface area contributed by atoms with Crippen molar-refractivity contribution in [2.45, 2.75) is 13.8 Å². The number of hydrogen-bond acceptors (Lipinski definition) is 10. The predicted molar refractivity (Wildman–Crippen MR) is 119 cm³/mol. The van der Waals surface area contributed by atoms with E-state index in [1.54, 1.807) is 0 Å². The Morgan fingerprint density at radius 3 is 2.09 bits per heavy atom. The van der Waals surface area contributed by atoms with Gasteiger partial charge in [-0.25, -0.2) is 0 Å². The first-order chi connectivity index (χ1) is 16.2. The van der Waals surface area contributed by atoms with E-state index in [1.807, 2.05) is 0 Å². The molecule has 11 nitrogen and oxygen atoms in total. The minimum atomic E-state index is -5.24. The number of carbonyl (C=O) groups is 3. The highest BCUT2D eigenvalue weighted by atomic mass is 32.3. The van der Waals surface area contributed by atoms with Gasteiger partial charge in [-0.3, -0.25) is 18.9 Å². The minimum Gasteiger partial charge on any atom is -0.507 e. The lowest BCUT2D eigenvalue weighted by atomic mass is 9.77. The van der Waals surface area contributed by atoms with Crippen LogP contribution in [0.5, 0.6) is 28.7 Å². The maximum Gasteiger partial charge on any atom is 0.446 e. The van der Waals surface area contributed by atoms with E-state index in [-0.39, 0.29) is 22.3 Å². The van der Waals surface area contributed by atoms with Gasteiger partial charge in [0.25, 0.3) is 0 Å². The Hall–Kier alpha value is -4.42. The van der Waals surface area contributed by atoms with Gasteiger partial charge in [0, 0.05) is 22.8 Å². The van der Waals surface area contributed by atoms with Gasteiger partial charge in [-0.15, -0.1) is 0 Å². The number of rotatable bonds is 4. The maximum atomic E-state index is 13.5. The van der Waals surface area contributed by atoms with Crippen molar-refractivity contribution in [1.29, 1.82) is 0 Å². The molecular formula is C23H16O11S. The topological polar surface area (TPSA) is 196 Å². The summed E-state index contributed by atoms with van der Waals surface area (Å²) in [6.45, 7) is 2.34. The van der Waals surface area contributed by atoms with Crippen LogP contribution >= 0.6 is 0 Å². The second-order valence-electron chi connectivity index (χ2n) is 7.76. The molecule has 0 unspecified atom stereocenters. The zero-order valence-electron chi connectivity index (χ0n) is 18.0. The van der Waals surface area contributed by atoms with E-state index < -0.39 is 78.8 Å². The Morgan fingerprint density at radius 1 is 0.829 bits per heavy atom. The van der Waals surface area contributed by atoms with Crippen LogP contribution in [0.1, 0.15) is 54.7 Å². The third kappa shape index (κ3) is 3.64. The lowest BCUT2D eigenvalue weighted by Gasteiger charge is -2.25. The number of aromatic hydroxyl groups is 4. The second kappa shape index (κ2) is 7.82. The number of hydrogen-bond donors (Lipinski definition) is 5. The molecule has 0 aliphatic heterocycles. The van der Waals surface area contributed by atoms with E-state index in [0.29, 0.717) is 6.07 Å². The molecule has 0 aromatic heterocycles. The molecule has 0 saturated carbocycles. The fraction of sp³-hybridized carbons (Fsp3) is 0.0870. The Labute approximate surface area is 197 Å². The van der Waals surface area contributed by atoms with Crippen LogP contribution in [0, 0.1) is 6.92 Å². The normalized spacial score (nSPS) is 12.8. The lowest BCUT2D eigenvalue weighted by Crippen LogP contribution is -2.23. The first-order valence-corrected chi connectivity index (χ1v) is 11.2. The monoisotopic (exact) mass is 500 g/mol. The Balaban J connectivity index is 2.20. The smallest absolute Gasteiger partial charge is 0.446 e. The number of aryl methyl sites for hydroxylation is 1. The molecule has 0 atom stereocenters. The fourth-order valence-corrected chi connectivity index (χ4v) is 4.56. The summed E-state index contributed by atoms with van der Waals surface area (Å²) in [7, 11) is -5.24. The Bertz CT molecular complexity index is 1600. The first-order valence-electron chi connectivity index (χ1n) is 9.79. The lowest BCUT2D eigenvalue weighted by molar-refractivity contribution is 0.0974. The van der Waals surface area contributed by atoms with E-state index in [1.165, 1.54) is 25.1 Å². The van der Waals surface area contributed by atoms with E-state index in [9.17, 15) is 47.8 Å². The molecule has 4 rings (SSSR count). The third-order valence-corrected chi connectivity index (χ3v) is 5.90. The van der Waals surface area contributed by atoms with Gasteiger partial charge < -0.3 is 24.6 Å². The molecular weight excluding hydrogens is 484 g/mol. The summed E-state index contributed by atoms with van der Waals surface area (Å²) in [5.41, 5.74) is -3.22. The number of fused-ring (bicyclic) bond motifs is 2. The van der Waals surface area contributed by atoms with Crippen molar-refractivity contribution < 1.29 is 52.0 Å². The van der Waals surface area contributed by atoms with Crippen molar-refractivity contribution in [3.05, 3.63) is 63.7 Å². The van der Waals surface area contributed by atoms with Crippen LogP contribution in [0.2, 0.25) is 0 Å². The summed E-state index contributed by atoms with van der Waals surface area (Å²) in [5, 5.41) is 41.8. The van der Waals surface area contributed by atoms with Gasteiger partial charge in [-0.2, -0.15) is 8.42 Å². The number of phenolic OH excluding ortho intramolecular Hbond substituents is 4. The van der Waals surface area contributed by atoms with Crippen molar-refractivity contribution in [2.75, 3.05) is 0 Å². The Morgan fingerprint density at radius 2 is 1.49 bits per heavy atom. The SMILES string of the molecule is CC(=O)c1c(O)cc(OS(=O)(=O)O)c(-c2c(C)cc(O)c3c2C(=O)c2cccc(O)c2C3=O)c1O. The molecule has 0 fully saturated rings. The van der Waals surface area contributed by atoms with E-state index in [2.05, 4.69) is 4.18 Å². The molecule has 0 amide bonds. The first kappa shape index (κ1) is 23.7. The molecule has 12 heteroatoms. The molecule has 0 heterocycles. The molecule has 0 spiro atoms. The van der Waals surface area contributed by atoms with Crippen LogP contribution < -0.4 is 4.18 Å². The zero-order chi connectivity index (χ0) is 26.0. The number of benzene rings is 3. The van der Waals surface area contributed by atoms with Crippen LogP contribution in [0.25, 0.3) is 11.1 Å². The van der Waals surface area contributed by atoms with Gasteiger partial charge >= 0.3 is 10.4 Å². The van der Waals surface area contributed by atoms with Gasteiger partial charge in [0.15, 0.2) is 17.3 Å².